The Morgan fingerprint density at radius 2 is 2.07 bits per heavy atom. The van der Waals surface area contributed by atoms with E-state index in [4.69, 9.17) is 0 Å². The average molecular weight is 270 g/mol. The van der Waals surface area contributed by atoms with E-state index in [1.807, 2.05) is 0 Å². The lowest BCUT2D eigenvalue weighted by atomic mass is 10.0. The van der Waals surface area contributed by atoms with E-state index in [1.165, 1.54) is 16.7 Å². The van der Waals surface area contributed by atoms with Crippen LogP contribution in [0.25, 0.3) is 0 Å². The van der Waals surface area contributed by atoms with Crippen molar-refractivity contribution in [3.63, 3.8) is 0 Å². The van der Waals surface area contributed by atoms with E-state index in [0.717, 1.165) is 13.0 Å². The molecule has 15 heavy (non-hydrogen) atoms. The maximum atomic E-state index is 10.9. The number of benzene rings is 1. The number of halogens is 1. The Kier molecular flexibility index (Phi) is 4.33. The lowest BCUT2D eigenvalue weighted by Crippen LogP contribution is -2.23. The zero-order valence-corrected chi connectivity index (χ0v) is 11.0. The molecule has 0 saturated carbocycles. The molecule has 0 aliphatic heterocycles. The molecule has 0 bridgehead atoms. The second kappa shape index (κ2) is 5.31. The molecule has 0 heterocycles. The van der Waals surface area contributed by atoms with E-state index in [2.05, 4.69) is 48.0 Å². The zero-order valence-electron chi connectivity index (χ0n) is 9.38. The van der Waals surface area contributed by atoms with Gasteiger partial charge in [-0.25, -0.2) is 0 Å². The van der Waals surface area contributed by atoms with E-state index < -0.39 is 0 Å². The fraction of sp³-hybridized carbons (Fsp3) is 0.417. The van der Waals surface area contributed by atoms with E-state index in [-0.39, 0.29) is 4.82 Å². The van der Waals surface area contributed by atoms with Crippen LogP contribution >= 0.6 is 15.9 Å². The first-order valence-corrected chi connectivity index (χ1v) is 5.76. The normalized spacial score (nSPS) is 10.1. The van der Waals surface area contributed by atoms with Gasteiger partial charge in [0.1, 0.15) is 0 Å². The molecule has 0 fully saturated rings. The summed E-state index contributed by atoms with van der Waals surface area (Å²) >= 11 is 2.93. The third-order valence-electron chi connectivity index (χ3n) is 2.51. The summed E-state index contributed by atoms with van der Waals surface area (Å²) in [6.45, 7) is 4.94. The Hall–Kier alpha value is -0.830. The van der Waals surface area contributed by atoms with Crippen molar-refractivity contribution in [2.24, 2.45) is 0 Å². The molecule has 82 valence electrons. The van der Waals surface area contributed by atoms with Crippen LogP contribution in [-0.2, 0) is 6.42 Å². The molecule has 0 atom stereocenters. The van der Waals surface area contributed by atoms with Gasteiger partial charge < -0.3 is 4.90 Å². The Labute approximate surface area is 99.4 Å². The van der Waals surface area contributed by atoms with Crippen LogP contribution in [0, 0.1) is 13.8 Å². The molecule has 0 N–H and O–H groups in total. The molecular weight excluding hydrogens is 254 g/mol. The van der Waals surface area contributed by atoms with Gasteiger partial charge in [-0.2, -0.15) is 0 Å². The third-order valence-corrected chi connectivity index (χ3v) is 3.12. The van der Waals surface area contributed by atoms with Crippen molar-refractivity contribution in [3.8, 4) is 0 Å². The van der Waals surface area contributed by atoms with Gasteiger partial charge in [0, 0.05) is 29.5 Å². The highest BCUT2D eigenvalue weighted by Gasteiger charge is 2.05. The molecule has 1 aromatic rings. The van der Waals surface area contributed by atoms with Crippen molar-refractivity contribution >= 4 is 20.7 Å². The highest BCUT2D eigenvalue weighted by molar-refractivity contribution is 9.18. The van der Waals surface area contributed by atoms with Gasteiger partial charge in [0.25, 0.3) is 4.82 Å². The van der Waals surface area contributed by atoms with Crippen molar-refractivity contribution < 1.29 is 4.79 Å². The maximum Gasteiger partial charge on any atom is 0.289 e. The lowest BCUT2D eigenvalue weighted by Gasteiger charge is -2.14. The minimum atomic E-state index is -0.0627. The molecule has 3 heteroatoms. The molecule has 0 spiro atoms. The molecule has 1 aromatic carbocycles. The Bertz CT molecular complexity index is 363. The van der Waals surface area contributed by atoms with E-state index in [0.29, 0.717) is 0 Å². The van der Waals surface area contributed by atoms with Crippen molar-refractivity contribution in [2.45, 2.75) is 20.3 Å². The predicted molar refractivity (Wildman–Crippen MR) is 66.6 cm³/mol. The number of nitrogens with zero attached hydrogens (tertiary/aromatic N) is 1. The van der Waals surface area contributed by atoms with Gasteiger partial charge in [0.2, 0.25) is 0 Å². The second-order valence-electron chi connectivity index (χ2n) is 3.85. The third kappa shape index (κ3) is 3.67. The van der Waals surface area contributed by atoms with Gasteiger partial charge in [-0.15, -0.1) is 0 Å². The van der Waals surface area contributed by atoms with Gasteiger partial charge in [-0.1, -0.05) is 23.8 Å². The Balaban J connectivity index is 2.62. The number of rotatable bonds is 3. The monoisotopic (exact) mass is 269 g/mol. The molecule has 1 amide bonds. The summed E-state index contributed by atoms with van der Waals surface area (Å²) in [6.07, 6.45) is 0.903. The van der Waals surface area contributed by atoms with Crippen molar-refractivity contribution in [3.05, 3.63) is 34.9 Å². The van der Waals surface area contributed by atoms with Crippen molar-refractivity contribution in [1.29, 1.82) is 0 Å². The number of hydrogen-bond donors (Lipinski definition) is 0. The van der Waals surface area contributed by atoms with Crippen LogP contribution < -0.4 is 0 Å². The van der Waals surface area contributed by atoms with Crippen LogP contribution in [0.4, 0.5) is 4.79 Å². The SMILES string of the molecule is Cc1ccc(CCN(C)C(=O)Br)c(C)c1. The van der Waals surface area contributed by atoms with Gasteiger partial charge in [-0.05, 0) is 31.4 Å². The summed E-state index contributed by atoms with van der Waals surface area (Å²) in [6, 6.07) is 6.42. The zero-order chi connectivity index (χ0) is 11.4. The Morgan fingerprint density at radius 1 is 1.40 bits per heavy atom. The summed E-state index contributed by atoms with van der Waals surface area (Å²) in [5.74, 6) is 0. The number of aryl methyl sites for hydroxylation is 2. The summed E-state index contributed by atoms with van der Waals surface area (Å²) < 4.78 is 0. The summed E-state index contributed by atoms with van der Waals surface area (Å²) in [5.41, 5.74) is 3.88. The summed E-state index contributed by atoms with van der Waals surface area (Å²) in [4.78, 5) is 12.5. The number of amides is 1. The van der Waals surface area contributed by atoms with E-state index in [9.17, 15) is 4.79 Å². The smallest absolute Gasteiger partial charge is 0.289 e. The highest BCUT2D eigenvalue weighted by atomic mass is 79.9. The van der Waals surface area contributed by atoms with Crippen LogP contribution in [-0.4, -0.2) is 23.3 Å². The van der Waals surface area contributed by atoms with Crippen LogP contribution in [0.15, 0.2) is 18.2 Å². The maximum absolute atomic E-state index is 10.9. The molecule has 0 aliphatic rings. The molecule has 0 aliphatic carbocycles. The summed E-state index contributed by atoms with van der Waals surface area (Å²) in [5, 5.41) is 0. The number of carbonyl (C=O) groups is 1. The first-order chi connectivity index (χ1) is 7.00. The standard InChI is InChI=1S/C12H16BrNO/c1-9-4-5-11(10(2)8-9)6-7-14(3)12(13)15/h4-5,8H,6-7H2,1-3H3. The quantitative estimate of drug-likeness (QED) is 0.609. The van der Waals surface area contributed by atoms with Crippen molar-refractivity contribution in [2.75, 3.05) is 13.6 Å². The highest BCUT2D eigenvalue weighted by Crippen LogP contribution is 2.11. The van der Waals surface area contributed by atoms with E-state index in [1.54, 1.807) is 11.9 Å². The predicted octanol–water partition coefficient (Wildman–Crippen LogP) is 3.29. The van der Waals surface area contributed by atoms with Gasteiger partial charge >= 0.3 is 0 Å². The molecule has 0 unspecified atom stereocenters. The second-order valence-corrected chi connectivity index (χ2v) is 4.53. The van der Waals surface area contributed by atoms with Gasteiger partial charge in [0.15, 0.2) is 0 Å². The summed E-state index contributed by atoms with van der Waals surface area (Å²) in [7, 11) is 1.79. The van der Waals surface area contributed by atoms with E-state index >= 15 is 0 Å². The molecule has 0 aromatic heterocycles. The number of likely N-dealkylation sites (N-methyl/N-ethyl adjacent to an activating group) is 1. The molecular formula is C12H16BrNO. The topological polar surface area (TPSA) is 20.3 Å². The lowest BCUT2D eigenvalue weighted by molar-refractivity contribution is 0.235. The average Bonchev–Trinajstić information content (AvgIpc) is 2.15. The first-order valence-electron chi connectivity index (χ1n) is 4.97. The van der Waals surface area contributed by atoms with Crippen LogP contribution in [0.5, 0.6) is 0 Å². The molecule has 2 nitrogen and oxygen atoms in total. The van der Waals surface area contributed by atoms with Gasteiger partial charge in [-0.3, -0.25) is 4.79 Å². The minimum absolute atomic E-state index is 0.0627. The van der Waals surface area contributed by atoms with Crippen molar-refractivity contribution in [1.82, 2.24) is 4.90 Å². The number of carbonyl (C=O) groups excluding carboxylic acids is 1. The molecule has 1 rings (SSSR count). The van der Waals surface area contributed by atoms with Gasteiger partial charge in [0.05, 0.1) is 0 Å². The molecule has 0 radical (unpaired) electrons. The fourth-order valence-electron chi connectivity index (χ4n) is 1.50. The first kappa shape index (κ1) is 12.2. The van der Waals surface area contributed by atoms with Crippen LogP contribution in [0.1, 0.15) is 16.7 Å². The van der Waals surface area contributed by atoms with Crippen LogP contribution in [0.2, 0.25) is 0 Å². The Morgan fingerprint density at radius 3 is 2.60 bits per heavy atom. The van der Waals surface area contributed by atoms with Crippen LogP contribution in [0.3, 0.4) is 0 Å². The number of hydrogen-bond acceptors (Lipinski definition) is 1. The minimum Gasteiger partial charge on any atom is -0.336 e. The largest absolute Gasteiger partial charge is 0.336 e. The molecule has 0 saturated heterocycles. The fourth-order valence-corrected chi connectivity index (χ4v) is 1.68.